The fourth-order valence-corrected chi connectivity index (χ4v) is 3.85. The van der Waals surface area contributed by atoms with E-state index in [1.165, 1.54) is 11.8 Å². The Kier molecular flexibility index (Phi) is 6.16. The maximum atomic E-state index is 12.0. The molecule has 0 aromatic heterocycles. The number of benzene rings is 1. The quantitative estimate of drug-likeness (QED) is 0.543. The lowest BCUT2D eigenvalue weighted by atomic mass is 10.1. The van der Waals surface area contributed by atoms with E-state index in [1.807, 2.05) is 6.07 Å². The zero-order valence-corrected chi connectivity index (χ0v) is 15.3. The summed E-state index contributed by atoms with van der Waals surface area (Å²) < 4.78 is 12.2. The van der Waals surface area contributed by atoms with Crippen molar-refractivity contribution in [3.63, 3.8) is 0 Å². The highest BCUT2D eigenvalue weighted by Crippen LogP contribution is 2.38. The third kappa shape index (κ3) is 3.97. The Hall–Kier alpha value is -1.18. The Morgan fingerprint density at radius 3 is 2.82 bits per heavy atom. The van der Waals surface area contributed by atoms with Gasteiger partial charge in [0.1, 0.15) is 10.1 Å². The molecule has 0 unspecified atom stereocenters. The predicted octanol–water partition coefficient (Wildman–Crippen LogP) is 4.36. The topological polar surface area (TPSA) is 47.9 Å². The van der Waals surface area contributed by atoms with E-state index in [4.69, 9.17) is 9.47 Å². The molecule has 0 amide bonds. The van der Waals surface area contributed by atoms with Gasteiger partial charge in [-0.05, 0) is 30.0 Å². The maximum absolute atomic E-state index is 12.0. The van der Waals surface area contributed by atoms with Gasteiger partial charge in [-0.25, -0.2) is 4.99 Å². The summed E-state index contributed by atoms with van der Waals surface area (Å²) in [6.07, 6.45) is 3.49. The van der Waals surface area contributed by atoms with Crippen LogP contribution in [0.25, 0.3) is 6.08 Å². The Bertz CT molecular complexity index is 671. The molecule has 1 aromatic carbocycles. The summed E-state index contributed by atoms with van der Waals surface area (Å²) in [4.78, 5) is 16.4. The van der Waals surface area contributed by atoms with E-state index in [-0.39, 0.29) is 5.12 Å². The molecular formula is C15H14BrNO3S2. The number of halogens is 1. The molecule has 116 valence electrons. The van der Waals surface area contributed by atoms with Crippen LogP contribution in [-0.4, -0.2) is 29.5 Å². The van der Waals surface area contributed by atoms with E-state index in [2.05, 4.69) is 27.5 Å². The molecule has 7 heteroatoms. The van der Waals surface area contributed by atoms with Gasteiger partial charge in [0.05, 0.1) is 14.2 Å². The van der Waals surface area contributed by atoms with Gasteiger partial charge in [-0.3, -0.25) is 4.79 Å². The summed E-state index contributed by atoms with van der Waals surface area (Å²) in [5.41, 5.74) is 1.13. The smallest absolute Gasteiger partial charge is 0.244 e. The average Bonchev–Trinajstić information content (AvgIpc) is 2.84. The number of hydrogen-bond acceptors (Lipinski definition) is 6. The Morgan fingerprint density at radius 2 is 2.18 bits per heavy atom. The third-order valence-corrected chi connectivity index (χ3v) is 5.15. The monoisotopic (exact) mass is 399 g/mol. The van der Waals surface area contributed by atoms with Gasteiger partial charge in [0.25, 0.3) is 0 Å². The first-order valence-corrected chi connectivity index (χ1v) is 8.86. The van der Waals surface area contributed by atoms with Crippen molar-refractivity contribution in [2.24, 2.45) is 4.99 Å². The van der Waals surface area contributed by atoms with E-state index >= 15 is 0 Å². The van der Waals surface area contributed by atoms with Crippen LogP contribution in [0.4, 0.5) is 0 Å². The third-order valence-electron chi connectivity index (χ3n) is 2.69. The van der Waals surface area contributed by atoms with Crippen molar-refractivity contribution in [2.45, 2.75) is 0 Å². The number of aliphatic imine (C=N–C) groups is 1. The molecule has 0 aliphatic carbocycles. The minimum atomic E-state index is -0.0763. The summed E-state index contributed by atoms with van der Waals surface area (Å²) in [5.74, 6) is 1.88. The van der Waals surface area contributed by atoms with Crippen LogP contribution >= 0.6 is 39.5 Å². The summed E-state index contributed by atoms with van der Waals surface area (Å²) in [7, 11) is 3.13. The number of rotatable bonds is 5. The first-order chi connectivity index (χ1) is 10.6. The summed E-state index contributed by atoms with van der Waals surface area (Å²) >= 11 is 6.05. The van der Waals surface area contributed by atoms with E-state index in [0.29, 0.717) is 17.2 Å². The number of thioether (sulfide) groups is 2. The Balaban J connectivity index is 2.40. The highest BCUT2D eigenvalue weighted by Gasteiger charge is 2.23. The lowest BCUT2D eigenvalue weighted by Gasteiger charge is -2.11. The minimum absolute atomic E-state index is 0.0763. The van der Waals surface area contributed by atoms with Crippen molar-refractivity contribution in [3.05, 3.63) is 40.5 Å². The second-order valence-corrected chi connectivity index (χ2v) is 7.27. The van der Waals surface area contributed by atoms with Crippen molar-refractivity contribution in [2.75, 3.05) is 20.0 Å². The van der Waals surface area contributed by atoms with Crippen molar-refractivity contribution >= 4 is 55.0 Å². The van der Waals surface area contributed by atoms with Crippen molar-refractivity contribution in [1.29, 1.82) is 0 Å². The molecule has 22 heavy (non-hydrogen) atoms. The standard InChI is InChI=1S/C15H14BrNO3S2/c1-4-5-21-15-17-11(14(18)22-15)7-9-6-10(16)8-12(19-2)13(9)20-3/h4,6-8H,1,5H2,2-3H3. The van der Waals surface area contributed by atoms with Crippen molar-refractivity contribution in [3.8, 4) is 11.5 Å². The maximum Gasteiger partial charge on any atom is 0.244 e. The van der Waals surface area contributed by atoms with Crippen LogP contribution in [0.1, 0.15) is 5.56 Å². The molecule has 0 radical (unpaired) electrons. The molecule has 0 spiro atoms. The summed E-state index contributed by atoms with van der Waals surface area (Å²) in [5, 5.41) is -0.0763. The van der Waals surface area contributed by atoms with Gasteiger partial charge >= 0.3 is 0 Å². The second-order valence-electron chi connectivity index (χ2n) is 4.13. The van der Waals surface area contributed by atoms with Crippen LogP contribution in [0.5, 0.6) is 11.5 Å². The Labute approximate surface area is 146 Å². The fourth-order valence-electron chi connectivity index (χ4n) is 1.79. The number of nitrogens with zero attached hydrogens (tertiary/aromatic N) is 1. The molecule has 1 aliphatic rings. The summed E-state index contributed by atoms with van der Waals surface area (Å²) in [6.45, 7) is 3.66. The lowest BCUT2D eigenvalue weighted by Crippen LogP contribution is -1.95. The number of carbonyl (C=O) groups is 1. The molecule has 0 N–H and O–H groups in total. The molecular weight excluding hydrogens is 386 g/mol. The molecule has 2 rings (SSSR count). The molecule has 0 atom stereocenters. The highest BCUT2D eigenvalue weighted by molar-refractivity contribution is 9.10. The van der Waals surface area contributed by atoms with Gasteiger partial charge < -0.3 is 9.47 Å². The second kappa shape index (κ2) is 7.89. The van der Waals surface area contributed by atoms with Gasteiger partial charge in [0.2, 0.25) is 5.12 Å². The molecule has 1 aliphatic heterocycles. The van der Waals surface area contributed by atoms with Gasteiger partial charge in [-0.1, -0.05) is 33.8 Å². The van der Waals surface area contributed by atoms with Crippen LogP contribution in [0.15, 0.2) is 39.9 Å². The van der Waals surface area contributed by atoms with Gasteiger partial charge in [0.15, 0.2) is 11.5 Å². The van der Waals surface area contributed by atoms with Gasteiger partial charge in [-0.15, -0.1) is 6.58 Å². The van der Waals surface area contributed by atoms with Crippen LogP contribution in [0.2, 0.25) is 0 Å². The van der Waals surface area contributed by atoms with E-state index in [9.17, 15) is 4.79 Å². The van der Waals surface area contributed by atoms with Crippen LogP contribution < -0.4 is 9.47 Å². The van der Waals surface area contributed by atoms with Gasteiger partial charge in [0, 0.05) is 15.8 Å². The van der Waals surface area contributed by atoms with E-state index in [0.717, 1.165) is 31.9 Å². The zero-order valence-electron chi connectivity index (χ0n) is 12.1. The van der Waals surface area contributed by atoms with Gasteiger partial charge in [-0.2, -0.15) is 0 Å². The zero-order chi connectivity index (χ0) is 16.1. The summed E-state index contributed by atoms with van der Waals surface area (Å²) in [6, 6.07) is 3.66. The first kappa shape index (κ1) is 17.2. The van der Waals surface area contributed by atoms with Crippen molar-refractivity contribution < 1.29 is 14.3 Å². The molecule has 0 fully saturated rings. The molecule has 0 bridgehead atoms. The fraction of sp³-hybridized carbons (Fsp3) is 0.200. The molecule has 1 aromatic rings. The molecule has 4 nitrogen and oxygen atoms in total. The number of hydrogen-bond donors (Lipinski definition) is 0. The van der Waals surface area contributed by atoms with E-state index in [1.54, 1.807) is 32.4 Å². The molecule has 0 saturated heterocycles. The number of methoxy groups -OCH3 is 2. The normalized spacial score (nSPS) is 15.9. The van der Waals surface area contributed by atoms with Crippen LogP contribution in [0, 0.1) is 0 Å². The molecule has 0 saturated carbocycles. The number of ether oxygens (including phenoxy) is 2. The van der Waals surface area contributed by atoms with E-state index < -0.39 is 0 Å². The predicted molar refractivity (Wildman–Crippen MR) is 97.9 cm³/mol. The Morgan fingerprint density at radius 1 is 1.41 bits per heavy atom. The lowest BCUT2D eigenvalue weighted by molar-refractivity contribution is -0.107. The largest absolute Gasteiger partial charge is 0.493 e. The van der Waals surface area contributed by atoms with Crippen LogP contribution in [-0.2, 0) is 4.79 Å². The highest BCUT2D eigenvalue weighted by atomic mass is 79.9. The SMILES string of the molecule is C=CCSC1=NC(=Cc2cc(Br)cc(OC)c2OC)C(=O)S1. The van der Waals surface area contributed by atoms with Crippen molar-refractivity contribution in [1.82, 2.24) is 0 Å². The number of carbonyl (C=O) groups excluding carboxylic acids is 1. The average molecular weight is 400 g/mol. The first-order valence-electron chi connectivity index (χ1n) is 6.26. The van der Waals surface area contributed by atoms with Crippen LogP contribution in [0.3, 0.4) is 0 Å². The molecule has 1 heterocycles. The minimum Gasteiger partial charge on any atom is -0.493 e.